The minimum Gasteiger partial charge on any atom is -0.391 e. The van der Waals surface area contributed by atoms with E-state index < -0.39 is 11.7 Å². The summed E-state index contributed by atoms with van der Waals surface area (Å²) in [6.07, 6.45) is 3.41. The van der Waals surface area contributed by atoms with Crippen molar-refractivity contribution in [3.63, 3.8) is 0 Å². The van der Waals surface area contributed by atoms with Crippen LogP contribution in [0.2, 0.25) is 0 Å². The fourth-order valence-corrected chi connectivity index (χ4v) is 2.36. The average molecular weight is 285 g/mol. The lowest BCUT2D eigenvalue weighted by Crippen LogP contribution is -2.07. The first-order chi connectivity index (χ1) is 9.55. The Morgan fingerprint density at radius 2 is 1.95 bits per heavy atom. The van der Waals surface area contributed by atoms with Crippen LogP contribution in [-0.2, 0) is 17.6 Å². The highest BCUT2D eigenvalue weighted by molar-refractivity contribution is 5.59. The maximum absolute atomic E-state index is 12.5. The first-order valence-corrected chi connectivity index (χ1v) is 6.87. The molecule has 0 heterocycles. The van der Waals surface area contributed by atoms with Crippen LogP contribution in [0, 0.1) is 5.92 Å². The molecule has 20 heavy (non-hydrogen) atoms. The normalized spacial score (nSPS) is 17.6. The molecule has 0 unspecified atom stereocenters. The molecule has 1 fully saturated rings. The van der Waals surface area contributed by atoms with Crippen LogP contribution in [0.5, 0.6) is 0 Å². The Morgan fingerprint density at radius 1 is 1.20 bits per heavy atom. The van der Waals surface area contributed by atoms with Gasteiger partial charge in [-0.25, -0.2) is 0 Å². The van der Waals surface area contributed by atoms with Gasteiger partial charge in [-0.05, 0) is 36.5 Å². The second-order valence-electron chi connectivity index (χ2n) is 5.12. The molecule has 5 heteroatoms. The van der Waals surface area contributed by atoms with Crippen molar-refractivity contribution in [1.29, 1.82) is 0 Å². The number of hydrogen-bond donors (Lipinski definition) is 0. The zero-order valence-electron chi connectivity index (χ0n) is 11.2. The van der Waals surface area contributed by atoms with Crippen LogP contribution in [0.4, 0.5) is 13.2 Å². The largest absolute Gasteiger partial charge is 0.416 e. The SMILES string of the molecule is FC(F)(F)c1cccc(CON=CC2CCCCC2)c1. The fraction of sp³-hybridized carbons (Fsp3) is 0.533. The van der Waals surface area contributed by atoms with Gasteiger partial charge in [0.2, 0.25) is 0 Å². The molecule has 2 nitrogen and oxygen atoms in total. The topological polar surface area (TPSA) is 21.6 Å². The van der Waals surface area contributed by atoms with E-state index in [4.69, 9.17) is 4.84 Å². The summed E-state index contributed by atoms with van der Waals surface area (Å²) >= 11 is 0. The van der Waals surface area contributed by atoms with E-state index in [9.17, 15) is 13.2 Å². The molecule has 0 amide bonds. The summed E-state index contributed by atoms with van der Waals surface area (Å²) in [7, 11) is 0. The predicted molar refractivity (Wildman–Crippen MR) is 71.3 cm³/mol. The number of benzene rings is 1. The van der Waals surface area contributed by atoms with Crippen LogP contribution in [0.3, 0.4) is 0 Å². The number of nitrogens with zero attached hydrogens (tertiary/aromatic N) is 1. The standard InChI is InChI=1S/C15H18F3NO/c16-15(17,18)14-8-4-7-13(9-14)11-20-19-10-12-5-2-1-3-6-12/h4,7-10,12H,1-3,5-6,11H2. The van der Waals surface area contributed by atoms with Gasteiger partial charge in [-0.3, -0.25) is 0 Å². The summed E-state index contributed by atoms with van der Waals surface area (Å²) in [5, 5.41) is 3.88. The van der Waals surface area contributed by atoms with Gasteiger partial charge in [-0.15, -0.1) is 0 Å². The molecule has 2 rings (SSSR count). The third-order valence-corrected chi connectivity index (χ3v) is 3.48. The second-order valence-corrected chi connectivity index (χ2v) is 5.12. The smallest absolute Gasteiger partial charge is 0.391 e. The van der Waals surface area contributed by atoms with E-state index in [2.05, 4.69) is 5.16 Å². The lowest BCUT2D eigenvalue weighted by atomic mass is 9.90. The molecule has 0 saturated heterocycles. The molecule has 110 valence electrons. The molecule has 1 saturated carbocycles. The molecule has 1 aromatic rings. The van der Waals surface area contributed by atoms with Crippen LogP contribution in [0.15, 0.2) is 29.4 Å². The average Bonchev–Trinajstić information content (AvgIpc) is 2.44. The predicted octanol–water partition coefficient (Wildman–Crippen LogP) is 4.79. The lowest BCUT2D eigenvalue weighted by molar-refractivity contribution is -0.137. The zero-order chi connectivity index (χ0) is 14.4. The Morgan fingerprint density at radius 3 is 2.65 bits per heavy atom. The number of rotatable bonds is 4. The molecular weight excluding hydrogens is 267 g/mol. The van der Waals surface area contributed by atoms with Gasteiger partial charge in [-0.2, -0.15) is 13.2 Å². The number of oxime groups is 1. The van der Waals surface area contributed by atoms with E-state index in [0.29, 0.717) is 11.5 Å². The third-order valence-electron chi connectivity index (χ3n) is 3.48. The maximum atomic E-state index is 12.5. The Balaban J connectivity index is 1.83. The molecule has 1 aliphatic carbocycles. The molecule has 0 radical (unpaired) electrons. The Bertz CT molecular complexity index is 451. The van der Waals surface area contributed by atoms with Gasteiger partial charge in [0.15, 0.2) is 0 Å². The minimum absolute atomic E-state index is 0.0626. The Kier molecular flexibility index (Phi) is 5.04. The van der Waals surface area contributed by atoms with Crippen molar-refractivity contribution in [3.05, 3.63) is 35.4 Å². The maximum Gasteiger partial charge on any atom is 0.416 e. The monoisotopic (exact) mass is 285 g/mol. The summed E-state index contributed by atoms with van der Waals surface area (Å²) in [6.45, 7) is 0.0626. The van der Waals surface area contributed by atoms with Crippen molar-refractivity contribution in [1.82, 2.24) is 0 Å². The van der Waals surface area contributed by atoms with E-state index in [-0.39, 0.29) is 6.61 Å². The summed E-state index contributed by atoms with van der Waals surface area (Å²) in [6, 6.07) is 5.13. The first kappa shape index (κ1) is 14.9. The number of alkyl halides is 3. The second kappa shape index (κ2) is 6.77. The summed E-state index contributed by atoms with van der Waals surface area (Å²) < 4.78 is 37.6. The van der Waals surface area contributed by atoms with Crippen molar-refractivity contribution in [2.24, 2.45) is 11.1 Å². The molecule has 0 aliphatic heterocycles. The molecule has 0 N–H and O–H groups in total. The van der Waals surface area contributed by atoms with E-state index >= 15 is 0 Å². The van der Waals surface area contributed by atoms with Gasteiger partial charge in [0, 0.05) is 6.21 Å². The summed E-state index contributed by atoms with van der Waals surface area (Å²) in [4.78, 5) is 5.09. The Hall–Kier alpha value is -1.52. The summed E-state index contributed by atoms with van der Waals surface area (Å²) in [5.74, 6) is 0.449. The minimum atomic E-state index is -4.32. The van der Waals surface area contributed by atoms with Gasteiger partial charge >= 0.3 is 6.18 Å². The zero-order valence-corrected chi connectivity index (χ0v) is 11.2. The van der Waals surface area contributed by atoms with Crippen LogP contribution in [0.1, 0.15) is 43.2 Å². The van der Waals surface area contributed by atoms with Crippen molar-refractivity contribution in [2.45, 2.75) is 44.9 Å². The van der Waals surface area contributed by atoms with E-state index in [1.807, 2.05) is 0 Å². The van der Waals surface area contributed by atoms with E-state index in [1.165, 1.54) is 25.3 Å². The molecular formula is C15H18F3NO. The van der Waals surface area contributed by atoms with Gasteiger partial charge in [0.05, 0.1) is 5.56 Å². The van der Waals surface area contributed by atoms with Crippen molar-refractivity contribution < 1.29 is 18.0 Å². The van der Waals surface area contributed by atoms with Gasteiger partial charge < -0.3 is 4.84 Å². The van der Waals surface area contributed by atoms with Crippen molar-refractivity contribution in [2.75, 3.05) is 0 Å². The first-order valence-electron chi connectivity index (χ1n) is 6.87. The fourth-order valence-electron chi connectivity index (χ4n) is 2.36. The summed E-state index contributed by atoms with van der Waals surface area (Å²) in [5.41, 5.74) is -0.185. The van der Waals surface area contributed by atoms with Crippen LogP contribution in [-0.4, -0.2) is 6.21 Å². The van der Waals surface area contributed by atoms with Crippen LogP contribution < -0.4 is 0 Å². The third kappa shape index (κ3) is 4.54. The van der Waals surface area contributed by atoms with Crippen LogP contribution >= 0.6 is 0 Å². The molecule has 1 aliphatic rings. The number of hydrogen-bond acceptors (Lipinski definition) is 2. The van der Waals surface area contributed by atoms with Gasteiger partial charge in [0.1, 0.15) is 6.61 Å². The lowest BCUT2D eigenvalue weighted by Gasteiger charge is -2.16. The molecule has 0 atom stereocenters. The molecule has 0 spiro atoms. The Labute approximate surface area is 116 Å². The van der Waals surface area contributed by atoms with Gasteiger partial charge in [-0.1, -0.05) is 36.6 Å². The molecule has 0 bridgehead atoms. The van der Waals surface area contributed by atoms with Crippen LogP contribution in [0.25, 0.3) is 0 Å². The quantitative estimate of drug-likeness (QED) is 0.576. The molecule has 0 aromatic heterocycles. The highest BCUT2D eigenvalue weighted by Gasteiger charge is 2.30. The van der Waals surface area contributed by atoms with Crippen molar-refractivity contribution in [3.8, 4) is 0 Å². The molecule has 1 aromatic carbocycles. The van der Waals surface area contributed by atoms with E-state index in [0.717, 1.165) is 25.0 Å². The van der Waals surface area contributed by atoms with Crippen molar-refractivity contribution >= 4 is 6.21 Å². The highest BCUT2D eigenvalue weighted by atomic mass is 19.4. The van der Waals surface area contributed by atoms with Gasteiger partial charge in [0.25, 0.3) is 0 Å². The van der Waals surface area contributed by atoms with E-state index in [1.54, 1.807) is 12.3 Å². The number of halogens is 3. The highest BCUT2D eigenvalue weighted by Crippen LogP contribution is 2.29.